The smallest absolute Gasteiger partial charge is 0.191 e. The Balaban J connectivity index is 2.71. The zero-order chi connectivity index (χ0) is 9.84. The first-order valence-corrected chi connectivity index (χ1v) is 4.64. The summed E-state index contributed by atoms with van der Waals surface area (Å²) >= 11 is 0. The highest BCUT2D eigenvalue weighted by Crippen LogP contribution is 2.19. The van der Waals surface area contributed by atoms with Crippen LogP contribution in [0.5, 0.6) is 0 Å². The fourth-order valence-corrected chi connectivity index (χ4v) is 1.39. The molecule has 1 aliphatic heterocycles. The SMILES string of the molecule is CCO[C@H]1C(=O)C=CO[C@H]1C(C)C. The third-order valence-electron chi connectivity index (χ3n) is 2.05. The average Bonchev–Trinajstić information content (AvgIpc) is 2.08. The minimum atomic E-state index is -0.421. The number of hydrogen-bond acceptors (Lipinski definition) is 3. The van der Waals surface area contributed by atoms with E-state index in [1.807, 2.05) is 20.8 Å². The summed E-state index contributed by atoms with van der Waals surface area (Å²) in [5.41, 5.74) is 0. The Kier molecular flexibility index (Phi) is 3.48. The first-order chi connectivity index (χ1) is 6.16. The standard InChI is InChI=1S/C10H16O3/c1-4-12-10-8(11)5-6-13-9(10)7(2)3/h5-7,9-10H,4H2,1-3H3/t9-,10-/m0/s1. The minimum Gasteiger partial charge on any atom is -0.494 e. The molecule has 0 aromatic rings. The van der Waals surface area contributed by atoms with Crippen LogP contribution in [-0.2, 0) is 14.3 Å². The predicted molar refractivity (Wildman–Crippen MR) is 49.3 cm³/mol. The number of carbonyl (C=O) groups excluding carboxylic acids is 1. The highest BCUT2D eigenvalue weighted by atomic mass is 16.5. The summed E-state index contributed by atoms with van der Waals surface area (Å²) in [5, 5.41) is 0. The van der Waals surface area contributed by atoms with Gasteiger partial charge >= 0.3 is 0 Å². The fourth-order valence-electron chi connectivity index (χ4n) is 1.39. The molecule has 1 rings (SSSR count). The summed E-state index contributed by atoms with van der Waals surface area (Å²) < 4.78 is 10.7. The summed E-state index contributed by atoms with van der Waals surface area (Å²) in [7, 11) is 0. The Labute approximate surface area is 78.7 Å². The Hall–Kier alpha value is -0.830. The zero-order valence-corrected chi connectivity index (χ0v) is 8.32. The molecule has 0 saturated carbocycles. The highest BCUT2D eigenvalue weighted by Gasteiger charge is 2.33. The van der Waals surface area contributed by atoms with Crippen LogP contribution in [0.2, 0.25) is 0 Å². The quantitative estimate of drug-likeness (QED) is 0.667. The molecule has 0 fully saturated rings. The molecule has 1 heterocycles. The van der Waals surface area contributed by atoms with E-state index >= 15 is 0 Å². The summed E-state index contributed by atoms with van der Waals surface area (Å²) in [6.07, 6.45) is 2.33. The molecule has 0 amide bonds. The summed E-state index contributed by atoms with van der Waals surface area (Å²) in [6, 6.07) is 0. The largest absolute Gasteiger partial charge is 0.494 e. The molecule has 0 saturated heterocycles. The van der Waals surface area contributed by atoms with Crippen molar-refractivity contribution >= 4 is 5.78 Å². The molecule has 0 N–H and O–H groups in total. The fraction of sp³-hybridized carbons (Fsp3) is 0.700. The maximum absolute atomic E-state index is 11.4. The molecule has 0 aliphatic carbocycles. The van der Waals surface area contributed by atoms with Gasteiger partial charge in [0.1, 0.15) is 6.10 Å². The molecule has 0 bridgehead atoms. The molecule has 3 nitrogen and oxygen atoms in total. The Bertz CT molecular complexity index is 208. The Morgan fingerprint density at radius 1 is 1.62 bits per heavy atom. The third kappa shape index (κ3) is 2.31. The molecule has 0 aromatic heterocycles. The summed E-state index contributed by atoms with van der Waals surface area (Å²) in [5.74, 6) is 0.289. The zero-order valence-electron chi connectivity index (χ0n) is 8.32. The third-order valence-corrected chi connectivity index (χ3v) is 2.05. The summed E-state index contributed by atoms with van der Waals surface area (Å²) in [6.45, 7) is 6.45. The second-order valence-electron chi connectivity index (χ2n) is 3.43. The van der Waals surface area contributed by atoms with Crippen molar-refractivity contribution < 1.29 is 14.3 Å². The monoisotopic (exact) mass is 184 g/mol. The van der Waals surface area contributed by atoms with E-state index in [4.69, 9.17) is 9.47 Å². The lowest BCUT2D eigenvalue weighted by molar-refractivity contribution is -0.139. The van der Waals surface area contributed by atoms with E-state index in [2.05, 4.69) is 0 Å². The Morgan fingerprint density at radius 2 is 2.31 bits per heavy atom. The molecule has 0 spiro atoms. The Morgan fingerprint density at radius 3 is 2.85 bits per heavy atom. The molecule has 2 atom stereocenters. The van der Waals surface area contributed by atoms with Crippen molar-refractivity contribution in [1.29, 1.82) is 0 Å². The van der Waals surface area contributed by atoms with Gasteiger partial charge in [-0.05, 0) is 12.8 Å². The lowest BCUT2D eigenvalue weighted by Crippen LogP contribution is -2.42. The summed E-state index contributed by atoms with van der Waals surface area (Å²) in [4.78, 5) is 11.4. The van der Waals surface area contributed by atoms with Crippen molar-refractivity contribution in [3.8, 4) is 0 Å². The van der Waals surface area contributed by atoms with Gasteiger partial charge in [-0.1, -0.05) is 13.8 Å². The molecular weight excluding hydrogens is 168 g/mol. The van der Waals surface area contributed by atoms with Crippen molar-refractivity contribution in [2.75, 3.05) is 6.61 Å². The van der Waals surface area contributed by atoms with Gasteiger partial charge in [0.05, 0.1) is 6.26 Å². The molecule has 3 heteroatoms. The lowest BCUT2D eigenvalue weighted by Gasteiger charge is -2.30. The molecule has 1 aliphatic rings. The van der Waals surface area contributed by atoms with Gasteiger partial charge in [0.15, 0.2) is 11.9 Å². The second-order valence-corrected chi connectivity index (χ2v) is 3.43. The van der Waals surface area contributed by atoms with Crippen molar-refractivity contribution in [1.82, 2.24) is 0 Å². The van der Waals surface area contributed by atoms with Gasteiger partial charge in [-0.25, -0.2) is 0 Å². The van der Waals surface area contributed by atoms with Crippen LogP contribution in [0, 0.1) is 5.92 Å². The average molecular weight is 184 g/mol. The predicted octanol–water partition coefficient (Wildman–Crippen LogP) is 1.53. The molecule has 13 heavy (non-hydrogen) atoms. The van der Waals surface area contributed by atoms with E-state index in [0.29, 0.717) is 6.61 Å². The van der Waals surface area contributed by atoms with Crippen LogP contribution in [0.1, 0.15) is 20.8 Å². The van der Waals surface area contributed by atoms with E-state index in [0.717, 1.165) is 0 Å². The van der Waals surface area contributed by atoms with Crippen LogP contribution in [-0.4, -0.2) is 24.6 Å². The van der Waals surface area contributed by atoms with Crippen LogP contribution in [0.3, 0.4) is 0 Å². The topological polar surface area (TPSA) is 35.5 Å². The minimum absolute atomic E-state index is 0.00630. The maximum atomic E-state index is 11.4. The van der Waals surface area contributed by atoms with Crippen molar-refractivity contribution in [2.24, 2.45) is 5.92 Å². The van der Waals surface area contributed by atoms with Gasteiger partial charge in [-0.3, -0.25) is 4.79 Å². The molecule has 74 valence electrons. The van der Waals surface area contributed by atoms with Crippen LogP contribution in [0.25, 0.3) is 0 Å². The van der Waals surface area contributed by atoms with E-state index in [9.17, 15) is 4.79 Å². The van der Waals surface area contributed by atoms with Gasteiger partial charge in [-0.15, -0.1) is 0 Å². The molecule has 0 unspecified atom stereocenters. The first-order valence-electron chi connectivity index (χ1n) is 4.64. The van der Waals surface area contributed by atoms with E-state index in [1.54, 1.807) is 0 Å². The normalized spacial score (nSPS) is 27.8. The van der Waals surface area contributed by atoms with Gasteiger partial charge in [0.2, 0.25) is 0 Å². The highest BCUT2D eigenvalue weighted by molar-refractivity contribution is 5.94. The van der Waals surface area contributed by atoms with E-state index in [-0.39, 0.29) is 17.8 Å². The first kappa shape index (κ1) is 10.3. The molecule has 0 aromatic carbocycles. The molecular formula is C10H16O3. The van der Waals surface area contributed by atoms with Crippen molar-refractivity contribution in [3.05, 3.63) is 12.3 Å². The van der Waals surface area contributed by atoms with Crippen LogP contribution < -0.4 is 0 Å². The van der Waals surface area contributed by atoms with Crippen molar-refractivity contribution in [3.63, 3.8) is 0 Å². The number of ether oxygens (including phenoxy) is 2. The van der Waals surface area contributed by atoms with E-state index < -0.39 is 6.10 Å². The second kappa shape index (κ2) is 4.42. The number of hydrogen-bond donors (Lipinski definition) is 0. The van der Waals surface area contributed by atoms with Gasteiger partial charge < -0.3 is 9.47 Å². The maximum Gasteiger partial charge on any atom is 0.191 e. The van der Waals surface area contributed by atoms with Crippen LogP contribution >= 0.6 is 0 Å². The van der Waals surface area contributed by atoms with Crippen molar-refractivity contribution in [2.45, 2.75) is 33.0 Å². The van der Waals surface area contributed by atoms with E-state index in [1.165, 1.54) is 12.3 Å². The number of ketones is 1. The number of carbonyl (C=O) groups is 1. The van der Waals surface area contributed by atoms with Crippen LogP contribution in [0.15, 0.2) is 12.3 Å². The van der Waals surface area contributed by atoms with Gasteiger partial charge in [-0.2, -0.15) is 0 Å². The molecule has 0 radical (unpaired) electrons. The van der Waals surface area contributed by atoms with Gasteiger partial charge in [0, 0.05) is 12.7 Å². The lowest BCUT2D eigenvalue weighted by atomic mass is 9.97. The number of rotatable bonds is 3. The van der Waals surface area contributed by atoms with Gasteiger partial charge in [0.25, 0.3) is 0 Å². The van der Waals surface area contributed by atoms with Crippen LogP contribution in [0.4, 0.5) is 0 Å².